The first-order valence-corrected chi connectivity index (χ1v) is 7.11. The molecular weight excluding hydrogens is 270 g/mol. The molecule has 21 heavy (non-hydrogen) atoms. The van der Waals surface area contributed by atoms with Gasteiger partial charge in [0.15, 0.2) is 5.78 Å². The SMILES string of the molecule is CC(=O)c1ccccc1OCCN1CCC(C)(C(=O)O)C1. The lowest BCUT2D eigenvalue weighted by Gasteiger charge is -2.20. The van der Waals surface area contributed by atoms with Gasteiger partial charge in [-0.3, -0.25) is 14.5 Å². The van der Waals surface area contributed by atoms with Crippen molar-refractivity contribution in [1.82, 2.24) is 4.90 Å². The monoisotopic (exact) mass is 291 g/mol. The molecule has 1 unspecified atom stereocenters. The Morgan fingerprint density at radius 3 is 2.71 bits per heavy atom. The third-order valence-electron chi connectivity index (χ3n) is 4.00. The second-order valence-corrected chi connectivity index (χ2v) is 5.79. The molecule has 1 saturated heterocycles. The molecule has 1 N–H and O–H groups in total. The smallest absolute Gasteiger partial charge is 0.310 e. The van der Waals surface area contributed by atoms with Gasteiger partial charge in [-0.25, -0.2) is 0 Å². The third-order valence-corrected chi connectivity index (χ3v) is 4.00. The van der Waals surface area contributed by atoms with Crippen LogP contribution in [0, 0.1) is 5.41 Å². The van der Waals surface area contributed by atoms with Crippen LogP contribution in [0.2, 0.25) is 0 Å². The van der Waals surface area contributed by atoms with Crippen LogP contribution >= 0.6 is 0 Å². The summed E-state index contributed by atoms with van der Waals surface area (Å²) in [6.07, 6.45) is 0.659. The molecule has 1 aromatic rings. The molecule has 1 aliphatic heterocycles. The molecule has 1 heterocycles. The van der Waals surface area contributed by atoms with Crippen LogP contribution in [0.4, 0.5) is 0 Å². The predicted molar refractivity (Wildman–Crippen MR) is 78.7 cm³/mol. The van der Waals surface area contributed by atoms with E-state index in [0.29, 0.717) is 37.4 Å². The van der Waals surface area contributed by atoms with E-state index in [1.807, 2.05) is 12.1 Å². The van der Waals surface area contributed by atoms with E-state index in [4.69, 9.17) is 4.74 Å². The summed E-state index contributed by atoms with van der Waals surface area (Å²) in [4.78, 5) is 24.8. The largest absolute Gasteiger partial charge is 0.491 e. The molecule has 1 atom stereocenters. The Morgan fingerprint density at radius 1 is 1.38 bits per heavy atom. The van der Waals surface area contributed by atoms with E-state index in [1.165, 1.54) is 6.92 Å². The molecule has 0 spiro atoms. The molecule has 2 rings (SSSR count). The second-order valence-electron chi connectivity index (χ2n) is 5.79. The van der Waals surface area contributed by atoms with Crippen LogP contribution in [0.15, 0.2) is 24.3 Å². The van der Waals surface area contributed by atoms with Crippen molar-refractivity contribution in [3.63, 3.8) is 0 Å². The number of ketones is 1. The number of carbonyl (C=O) groups is 2. The Hall–Kier alpha value is -1.88. The van der Waals surface area contributed by atoms with Crippen molar-refractivity contribution in [3.05, 3.63) is 29.8 Å². The van der Waals surface area contributed by atoms with Gasteiger partial charge in [-0.1, -0.05) is 12.1 Å². The number of ether oxygens (including phenoxy) is 1. The molecule has 1 fully saturated rings. The lowest BCUT2D eigenvalue weighted by atomic mass is 9.90. The number of Topliss-reactive ketones (excluding diaryl/α,β-unsaturated/α-hetero) is 1. The van der Waals surface area contributed by atoms with Crippen molar-refractivity contribution in [3.8, 4) is 5.75 Å². The predicted octanol–water partition coefficient (Wildman–Crippen LogP) is 2.06. The van der Waals surface area contributed by atoms with Gasteiger partial charge in [-0.15, -0.1) is 0 Å². The van der Waals surface area contributed by atoms with Gasteiger partial charge < -0.3 is 9.84 Å². The summed E-state index contributed by atoms with van der Waals surface area (Å²) in [5, 5.41) is 9.20. The number of carbonyl (C=O) groups excluding carboxylic acids is 1. The zero-order valence-corrected chi connectivity index (χ0v) is 12.5. The highest BCUT2D eigenvalue weighted by Gasteiger charge is 2.40. The number of hydrogen-bond donors (Lipinski definition) is 1. The highest BCUT2D eigenvalue weighted by Crippen LogP contribution is 2.29. The lowest BCUT2D eigenvalue weighted by molar-refractivity contribution is -0.147. The topological polar surface area (TPSA) is 66.8 Å². The summed E-state index contributed by atoms with van der Waals surface area (Å²) in [6.45, 7) is 5.71. The van der Waals surface area contributed by atoms with Gasteiger partial charge in [0.25, 0.3) is 0 Å². The number of carboxylic acids is 1. The minimum atomic E-state index is -0.743. The highest BCUT2D eigenvalue weighted by atomic mass is 16.5. The molecule has 5 heteroatoms. The van der Waals surface area contributed by atoms with Crippen molar-refractivity contribution in [2.24, 2.45) is 5.41 Å². The molecule has 0 aromatic heterocycles. The Bertz CT molecular complexity index is 543. The number of para-hydroxylation sites is 1. The maximum absolute atomic E-state index is 11.5. The summed E-state index contributed by atoms with van der Waals surface area (Å²) in [5.74, 6) is -0.178. The fraction of sp³-hybridized carbons (Fsp3) is 0.500. The van der Waals surface area contributed by atoms with Gasteiger partial charge >= 0.3 is 5.97 Å². The van der Waals surface area contributed by atoms with E-state index in [2.05, 4.69) is 4.90 Å². The average molecular weight is 291 g/mol. The van der Waals surface area contributed by atoms with E-state index in [1.54, 1.807) is 19.1 Å². The average Bonchev–Trinajstić information content (AvgIpc) is 2.82. The Labute approximate surface area is 124 Å². The molecule has 0 bridgehead atoms. The first-order valence-electron chi connectivity index (χ1n) is 7.11. The van der Waals surface area contributed by atoms with E-state index < -0.39 is 11.4 Å². The fourth-order valence-corrected chi connectivity index (χ4v) is 2.59. The van der Waals surface area contributed by atoms with Gasteiger partial charge in [0.1, 0.15) is 12.4 Å². The minimum absolute atomic E-state index is 0.0229. The Morgan fingerprint density at radius 2 is 2.10 bits per heavy atom. The molecular formula is C16H21NO4. The van der Waals surface area contributed by atoms with Gasteiger partial charge in [0.05, 0.1) is 11.0 Å². The molecule has 5 nitrogen and oxygen atoms in total. The van der Waals surface area contributed by atoms with E-state index in [-0.39, 0.29) is 5.78 Å². The second kappa shape index (κ2) is 6.26. The van der Waals surface area contributed by atoms with Crippen molar-refractivity contribution in [2.75, 3.05) is 26.2 Å². The lowest BCUT2D eigenvalue weighted by Crippen LogP contribution is -2.33. The summed E-state index contributed by atoms with van der Waals surface area (Å²) in [6, 6.07) is 7.17. The zero-order valence-electron chi connectivity index (χ0n) is 12.5. The van der Waals surface area contributed by atoms with Crippen LogP contribution in [-0.2, 0) is 4.79 Å². The standard InChI is InChI=1S/C16H21NO4/c1-12(18)13-5-3-4-6-14(13)21-10-9-17-8-7-16(2,11-17)15(19)20/h3-6H,7-11H2,1-2H3,(H,19,20). The Balaban J connectivity index is 1.86. The van der Waals surface area contributed by atoms with Crippen molar-refractivity contribution in [2.45, 2.75) is 20.3 Å². The molecule has 0 amide bonds. The van der Waals surface area contributed by atoms with Gasteiger partial charge in [0, 0.05) is 13.1 Å². The van der Waals surface area contributed by atoms with Gasteiger partial charge in [-0.2, -0.15) is 0 Å². The van der Waals surface area contributed by atoms with E-state index in [0.717, 1.165) is 6.54 Å². The maximum Gasteiger partial charge on any atom is 0.310 e. The van der Waals surface area contributed by atoms with E-state index in [9.17, 15) is 14.7 Å². The first-order chi connectivity index (χ1) is 9.92. The molecule has 0 radical (unpaired) electrons. The number of nitrogens with zero attached hydrogens (tertiary/aromatic N) is 1. The molecule has 1 aliphatic rings. The normalized spacial score (nSPS) is 22.2. The van der Waals surface area contributed by atoms with Crippen LogP contribution in [0.1, 0.15) is 30.6 Å². The third kappa shape index (κ3) is 3.61. The van der Waals surface area contributed by atoms with E-state index >= 15 is 0 Å². The minimum Gasteiger partial charge on any atom is -0.491 e. The van der Waals surface area contributed by atoms with Crippen molar-refractivity contribution in [1.29, 1.82) is 0 Å². The molecule has 1 aromatic carbocycles. The fourth-order valence-electron chi connectivity index (χ4n) is 2.59. The molecule has 0 saturated carbocycles. The molecule has 114 valence electrons. The maximum atomic E-state index is 11.5. The molecule has 0 aliphatic carbocycles. The summed E-state index contributed by atoms with van der Waals surface area (Å²) < 4.78 is 5.68. The number of hydrogen-bond acceptors (Lipinski definition) is 4. The summed E-state index contributed by atoms with van der Waals surface area (Å²) in [5.41, 5.74) is -0.0774. The van der Waals surface area contributed by atoms with Crippen LogP contribution in [0.25, 0.3) is 0 Å². The quantitative estimate of drug-likeness (QED) is 0.813. The number of benzene rings is 1. The zero-order chi connectivity index (χ0) is 15.5. The number of aliphatic carboxylic acids is 1. The highest BCUT2D eigenvalue weighted by molar-refractivity contribution is 5.96. The summed E-state index contributed by atoms with van der Waals surface area (Å²) >= 11 is 0. The number of carboxylic acid groups (broad SMARTS) is 1. The Kier molecular flexibility index (Phi) is 4.63. The number of likely N-dealkylation sites (tertiary alicyclic amines) is 1. The number of rotatable bonds is 6. The summed E-state index contributed by atoms with van der Waals surface area (Å²) in [7, 11) is 0. The van der Waals surface area contributed by atoms with Crippen LogP contribution in [0.5, 0.6) is 5.75 Å². The van der Waals surface area contributed by atoms with Crippen LogP contribution < -0.4 is 4.74 Å². The van der Waals surface area contributed by atoms with Gasteiger partial charge in [0.2, 0.25) is 0 Å². The van der Waals surface area contributed by atoms with Crippen molar-refractivity contribution >= 4 is 11.8 Å². The van der Waals surface area contributed by atoms with Crippen LogP contribution in [-0.4, -0.2) is 48.0 Å². The first kappa shape index (κ1) is 15.5. The van der Waals surface area contributed by atoms with Crippen molar-refractivity contribution < 1.29 is 19.4 Å². The van der Waals surface area contributed by atoms with Gasteiger partial charge in [-0.05, 0) is 38.9 Å². The van der Waals surface area contributed by atoms with Crippen LogP contribution in [0.3, 0.4) is 0 Å².